The summed E-state index contributed by atoms with van der Waals surface area (Å²) >= 11 is 1.73. The number of aliphatic hydroxyl groups is 1. The number of methoxy groups -OCH3 is 2. The van der Waals surface area contributed by atoms with Crippen molar-refractivity contribution in [2.75, 3.05) is 20.0 Å². The van der Waals surface area contributed by atoms with Gasteiger partial charge < -0.3 is 14.6 Å². The van der Waals surface area contributed by atoms with Crippen LogP contribution in [0.15, 0.2) is 18.2 Å². The molecule has 0 heterocycles. The summed E-state index contributed by atoms with van der Waals surface area (Å²) in [5, 5.41) is 10.6. The molecule has 0 aromatic heterocycles. The van der Waals surface area contributed by atoms with E-state index in [1.807, 2.05) is 12.1 Å². The molecule has 1 atom stereocenters. The van der Waals surface area contributed by atoms with E-state index in [1.54, 1.807) is 32.0 Å². The third kappa shape index (κ3) is 4.13. The Labute approximate surface area is 107 Å². The minimum absolute atomic E-state index is 0.508. The van der Waals surface area contributed by atoms with Crippen molar-refractivity contribution in [3.8, 4) is 11.5 Å². The van der Waals surface area contributed by atoms with Crippen molar-refractivity contribution in [1.82, 2.24) is 0 Å². The van der Waals surface area contributed by atoms with Crippen molar-refractivity contribution in [2.45, 2.75) is 25.2 Å². The SMILES string of the molecule is COc1ccc(C(O)CSC(C)C)c(OC)c1. The molecule has 0 aliphatic heterocycles. The summed E-state index contributed by atoms with van der Waals surface area (Å²) in [7, 11) is 3.21. The lowest BCUT2D eigenvalue weighted by atomic mass is 10.1. The second-order valence-corrected chi connectivity index (χ2v) is 5.62. The van der Waals surface area contributed by atoms with Gasteiger partial charge in [0, 0.05) is 17.4 Å². The van der Waals surface area contributed by atoms with Crippen LogP contribution in [0.3, 0.4) is 0 Å². The highest BCUT2D eigenvalue weighted by Gasteiger charge is 2.14. The molecule has 1 rings (SSSR count). The molecule has 0 aliphatic rings. The molecule has 96 valence electrons. The van der Waals surface area contributed by atoms with Gasteiger partial charge in [0.05, 0.1) is 20.3 Å². The van der Waals surface area contributed by atoms with Gasteiger partial charge >= 0.3 is 0 Å². The molecule has 0 amide bonds. The van der Waals surface area contributed by atoms with Crippen LogP contribution in [0, 0.1) is 0 Å². The molecule has 0 spiro atoms. The molecule has 0 radical (unpaired) electrons. The standard InChI is InChI=1S/C13H20O3S/c1-9(2)17-8-12(14)11-6-5-10(15-3)7-13(11)16-4/h5-7,9,12,14H,8H2,1-4H3. The average Bonchev–Trinajstić information content (AvgIpc) is 2.34. The van der Waals surface area contributed by atoms with E-state index < -0.39 is 6.10 Å². The fraction of sp³-hybridized carbons (Fsp3) is 0.538. The topological polar surface area (TPSA) is 38.7 Å². The summed E-state index contributed by atoms with van der Waals surface area (Å²) in [6, 6.07) is 5.48. The van der Waals surface area contributed by atoms with E-state index in [2.05, 4.69) is 13.8 Å². The normalized spacial score (nSPS) is 12.6. The Morgan fingerprint density at radius 2 is 1.94 bits per heavy atom. The zero-order valence-electron chi connectivity index (χ0n) is 10.8. The smallest absolute Gasteiger partial charge is 0.128 e. The monoisotopic (exact) mass is 256 g/mol. The lowest BCUT2D eigenvalue weighted by Gasteiger charge is -2.16. The van der Waals surface area contributed by atoms with E-state index in [9.17, 15) is 5.11 Å². The first-order valence-corrected chi connectivity index (χ1v) is 6.65. The molecular formula is C13H20O3S. The van der Waals surface area contributed by atoms with E-state index in [0.29, 0.717) is 16.8 Å². The summed E-state index contributed by atoms with van der Waals surface area (Å²) in [5.41, 5.74) is 0.807. The summed E-state index contributed by atoms with van der Waals surface area (Å²) in [6.45, 7) is 4.23. The van der Waals surface area contributed by atoms with Gasteiger partial charge in [-0.25, -0.2) is 0 Å². The Balaban J connectivity index is 2.81. The lowest BCUT2D eigenvalue weighted by Crippen LogP contribution is -2.05. The van der Waals surface area contributed by atoms with Crippen LogP contribution in [0.5, 0.6) is 11.5 Å². The number of rotatable bonds is 6. The summed E-state index contributed by atoms with van der Waals surface area (Å²) in [5.74, 6) is 2.07. The fourth-order valence-electron chi connectivity index (χ4n) is 1.47. The van der Waals surface area contributed by atoms with Crippen LogP contribution in [0.4, 0.5) is 0 Å². The maximum atomic E-state index is 10.1. The molecule has 0 saturated heterocycles. The molecule has 1 aromatic carbocycles. The van der Waals surface area contributed by atoms with E-state index >= 15 is 0 Å². The van der Waals surface area contributed by atoms with Gasteiger partial charge in [-0.05, 0) is 17.4 Å². The Morgan fingerprint density at radius 3 is 2.47 bits per heavy atom. The largest absolute Gasteiger partial charge is 0.497 e. The predicted octanol–water partition coefficient (Wildman–Crippen LogP) is 2.88. The lowest BCUT2D eigenvalue weighted by molar-refractivity contribution is 0.198. The number of hydrogen-bond acceptors (Lipinski definition) is 4. The molecule has 0 aliphatic carbocycles. The van der Waals surface area contributed by atoms with E-state index in [4.69, 9.17) is 9.47 Å². The minimum Gasteiger partial charge on any atom is -0.497 e. The second kappa shape index (κ2) is 6.77. The molecule has 3 nitrogen and oxygen atoms in total. The third-order valence-electron chi connectivity index (χ3n) is 2.39. The minimum atomic E-state index is -0.511. The molecule has 4 heteroatoms. The van der Waals surface area contributed by atoms with Crippen molar-refractivity contribution in [2.24, 2.45) is 0 Å². The number of aliphatic hydroxyl groups excluding tert-OH is 1. The first kappa shape index (κ1) is 14.2. The molecule has 0 fully saturated rings. The van der Waals surface area contributed by atoms with Crippen molar-refractivity contribution in [3.05, 3.63) is 23.8 Å². The Kier molecular flexibility index (Phi) is 5.65. The van der Waals surface area contributed by atoms with Crippen LogP contribution in [-0.4, -0.2) is 30.3 Å². The van der Waals surface area contributed by atoms with Gasteiger partial charge in [-0.15, -0.1) is 0 Å². The van der Waals surface area contributed by atoms with Gasteiger partial charge in [-0.1, -0.05) is 13.8 Å². The zero-order valence-corrected chi connectivity index (χ0v) is 11.6. The van der Waals surface area contributed by atoms with Gasteiger partial charge in [0.25, 0.3) is 0 Å². The fourth-order valence-corrected chi connectivity index (χ4v) is 2.21. The quantitative estimate of drug-likeness (QED) is 0.849. The van der Waals surface area contributed by atoms with Gasteiger partial charge in [-0.2, -0.15) is 11.8 Å². The molecule has 1 unspecified atom stereocenters. The first-order chi connectivity index (χ1) is 8.08. The molecular weight excluding hydrogens is 236 g/mol. The molecule has 17 heavy (non-hydrogen) atoms. The number of hydrogen-bond donors (Lipinski definition) is 1. The number of ether oxygens (including phenoxy) is 2. The van der Waals surface area contributed by atoms with Crippen LogP contribution in [0.25, 0.3) is 0 Å². The highest BCUT2D eigenvalue weighted by Crippen LogP contribution is 2.31. The third-order valence-corrected chi connectivity index (χ3v) is 3.56. The molecule has 0 saturated carbocycles. The average molecular weight is 256 g/mol. The molecule has 1 N–H and O–H groups in total. The van der Waals surface area contributed by atoms with Gasteiger partial charge in [0.2, 0.25) is 0 Å². The van der Waals surface area contributed by atoms with Crippen LogP contribution in [0.2, 0.25) is 0 Å². The van der Waals surface area contributed by atoms with Crippen LogP contribution in [-0.2, 0) is 0 Å². The van der Waals surface area contributed by atoms with Crippen molar-refractivity contribution >= 4 is 11.8 Å². The zero-order chi connectivity index (χ0) is 12.8. The molecule has 1 aromatic rings. The predicted molar refractivity (Wildman–Crippen MR) is 72.1 cm³/mol. The first-order valence-electron chi connectivity index (χ1n) is 5.60. The highest BCUT2D eigenvalue weighted by molar-refractivity contribution is 7.99. The second-order valence-electron chi connectivity index (χ2n) is 4.01. The highest BCUT2D eigenvalue weighted by atomic mass is 32.2. The van der Waals surface area contributed by atoms with Crippen molar-refractivity contribution in [3.63, 3.8) is 0 Å². The van der Waals surface area contributed by atoms with Crippen LogP contribution < -0.4 is 9.47 Å². The van der Waals surface area contributed by atoms with E-state index in [1.165, 1.54) is 0 Å². The Hall–Kier alpha value is -0.870. The van der Waals surface area contributed by atoms with E-state index in [0.717, 1.165) is 11.3 Å². The van der Waals surface area contributed by atoms with Gasteiger partial charge in [-0.3, -0.25) is 0 Å². The number of thioether (sulfide) groups is 1. The Bertz CT molecular complexity index is 353. The number of benzene rings is 1. The summed E-state index contributed by atoms with van der Waals surface area (Å²) in [6.07, 6.45) is -0.511. The summed E-state index contributed by atoms with van der Waals surface area (Å²) < 4.78 is 10.4. The maximum Gasteiger partial charge on any atom is 0.128 e. The van der Waals surface area contributed by atoms with Crippen LogP contribution >= 0.6 is 11.8 Å². The Morgan fingerprint density at radius 1 is 1.24 bits per heavy atom. The summed E-state index contributed by atoms with van der Waals surface area (Å²) in [4.78, 5) is 0. The molecule has 0 bridgehead atoms. The van der Waals surface area contributed by atoms with E-state index in [-0.39, 0.29) is 0 Å². The van der Waals surface area contributed by atoms with Gasteiger partial charge in [0.15, 0.2) is 0 Å². The van der Waals surface area contributed by atoms with Crippen LogP contribution in [0.1, 0.15) is 25.5 Å². The maximum absolute atomic E-state index is 10.1. The van der Waals surface area contributed by atoms with Crippen molar-refractivity contribution in [1.29, 1.82) is 0 Å². The van der Waals surface area contributed by atoms with Crippen molar-refractivity contribution < 1.29 is 14.6 Å². The van der Waals surface area contributed by atoms with Gasteiger partial charge in [0.1, 0.15) is 11.5 Å².